The maximum absolute atomic E-state index is 12.3. The molecule has 3 N–H and O–H groups in total. The average Bonchev–Trinajstić information content (AvgIpc) is 2.31. The van der Waals surface area contributed by atoms with E-state index in [1.807, 2.05) is 6.92 Å². The van der Waals surface area contributed by atoms with E-state index in [1.165, 1.54) is 6.42 Å². The van der Waals surface area contributed by atoms with E-state index in [-0.39, 0.29) is 12.5 Å². The highest BCUT2D eigenvalue weighted by molar-refractivity contribution is 5.86. The number of likely N-dealkylation sites (N-methyl/N-ethyl adjacent to an activating group) is 1. The lowest BCUT2D eigenvalue weighted by Gasteiger charge is -2.36. The van der Waals surface area contributed by atoms with Crippen LogP contribution in [0.2, 0.25) is 0 Å². The zero-order valence-corrected chi connectivity index (χ0v) is 10.2. The van der Waals surface area contributed by atoms with Crippen LogP contribution in [0, 0.1) is 0 Å². The molecule has 1 fully saturated rings. The highest BCUT2D eigenvalue weighted by Gasteiger charge is 2.37. The number of rotatable bonds is 5. The van der Waals surface area contributed by atoms with Crippen LogP contribution >= 0.6 is 0 Å². The molecule has 0 aromatic heterocycles. The zero-order valence-electron chi connectivity index (χ0n) is 10.2. The number of carbonyl (C=O) groups is 1. The Labute approximate surface area is 97.8 Å². The first-order chi connectivity index (χ1) is 7.64. The van der Waals surface area contributed by atoms with E-state index in [0.717, 1.165) is 25.7 Å². The van der Waals surface area contributed by atoms with Gasteiger partial charge in [0.05, 0.1) is 5.54 Å². The molecule has 1 amide bonds. The second kappa shape index (κ2) is 6.21. The molecule has 0 unspecified atom stereocenters. The summed E-state index contributed by atoms with van der Waals surface area (Å²) in [5.74, 6) is 0.0724. The van der Waals surface area contributed by atoms with Crippen LogP contribution in [0.1, 0.15) is 45.4 Å². The fourth-order valence-corrected chi connectivity index (χ4v) is 2.38. The summed E-state index contributed by atoms with van der Waals surface area (Å²) in [6.07, 6.45) is 5.55. The summed E-state index contributed by atoms with van der Waals surface area (Å²) in [5, 5.41) is 8.80. The predicted octanol–water partition coefficient (Wildman–Crippen LogP) is 0.879. The van der Waals surface area contributed by atoms with E-state index in [4.69, 9.17) is 10.8 Å². The van der Waals surface area contributed by atoms with Crippen molar-refractivity contribution in [2.24, 2.45) is 5.73 Å². The van der Waals surface area contributed by atoms with Crippen molar-refractivity contribution in [3.8, 4) is 0 Å². The van der Waals surface area contributed by atoms with Crippen molar-refractivity contribution in [3.05, 3.63) is 0 Å². The normalized spacial score (nSPS) is 19.4. The molecule has 0 aromatic carbocycles. The minimum Gasteiger partial charge on any atom is -0.396 e. The molecule has 0 heterocycles. The van der Waals surface area contributed by atoms with E-state index in [1.54, 1.807) is 4.90 Å². The van der Waals surface area contributed by atoms with Crippen molar-refractivity contribution in [1.82, 2.24) is 4.90 Å². The van der Waals surface area contributed by atoms with Gasteiger partial charge in [0, 0.05) is 19.7 Å². The number of hydrogen-bond donors (Lipinski definition) is 2. The monoisotopic (exact) mass is 228 g/mol. The molecule has 0 radical (unpaired) electrons. The number of nitrogens with two attached hydrogens (primary N) is 1. The van der Waals surface area contributed by atoms with Gasteiger partial charge in [0.1, 0.15) is 0 Å². The van der Waals surface area contributed by atoms with Crippen LogP contribution in [0.4, 0.5) is 0 Å². The number of hydrogen-bond acceptors (Lipinski definition) is 3. The highest BCUT2D eigenvalue weighted by Crippen LogP contribution is 2.27. The molecule has 1 aliphatic rings. The highest BCUT2D eigenvalue weighted by atomic mass is 16.3. The number of nitrogens with zero attached hydrogens (tertiary/aromatic N) is 1. The molecular formula is C12H24N2O2. The van der Waals surface area contributed by atoms with Gasteiger partial charge in [-0.25, -0.2) is 0 Å². The molecule has 0 saturated heterocycles. The van der Waals surface area contributed by atoms with E-state index in [9.17, 15) is 4.79 Å². The van der Waals surface area contributed by atoms with E-state index < -0.39 is 5.54 Å². The fourth-order valence-electron chi connectivity index (χ4n) is 2.38. The predicted molar refractivity (Wildman–Crippen MR) is 64.0 cm³/mol. The molecule has 0 spiro atoms. The van der Waals surface area contributed by atoms with Gasteiger partial charge < -0.3 is 15.7 Å². The van der Waals surface area contributed by atoms with Crippen LogP contribution in [0.5, 0.6) is 0 Å². The minimum absolute atomic E-state index is 0.0724. The van der Waals surface area contributed by atoms with Crippen LogP contribution in [0.3, 0.4) is 0 Å². The number of carbonyl (C=O) groups excluding carboxylic acids is 1. The first-order valence-electron chi connectivity index (χ1n) is 6.33. The second-order valence-electron chi connectivity index (χ2n) is 4.68. The van der Waals surface area contributed by atoms with Gasteiger partial charge in [-0.05, 0) is 26.2 Å². The van der Waals surface area contributed by atoms with Crippen molar-refractivity contribution in [2.75, 3.05) is 19.7 Å². The third-order valence-corrected chi connectivity index (χ3v) is 3.43. The van der Waals surface area contributed by atoms with Crippen LogP contribution in [0.15, 0.2) is 0 Å². The summed E-state index contributed by atoms with van der Waals surface area (Å²) in [7, 11) is 0. The lowest BCUT2D eigenvalue weighted by atomic mass is 9.81. The van der Waals surface area contributed by atoms with Gasteiger partial charge in [0.25, 0.3) is 0 Å². The van der Waals surface area contributed by atoms with Crippen molar-refractivity contribution in [1.29, 1.82) is 0 Å². The third kappa shape index (κ3) is 3.19. The molecule has 0 atom stereocenters. The van der Waals surface area contributed by atoms with Crippen LogP contribution in [-0.4, -0.2) is 41.1 Å². The third-order valence-electron chi connectivity index (χ3n) is 3.43. The van der Waals surface area contributed by atoms with Crippen LogP contribution in [-0.2, 0) is 4.79 Å². The summed E-state index contributed by atoms with van der Waals surface area (Å²) >= 11 is 0. The molecule has 1 rings (SSSR count). The Morgan fingerprint density at radius 1 is 1.38 bits per heavy atom. The molecular weight excluding hydrogens is 204 g/mol. The van der Waals surface area contributed by atoms with Gasteiger partial charge in [-0.3, -0.25) is 4.79 Å². The summed E-state index contributed by atoms with van der Waals surface area (Å²) in [4.78, 5) is 14.1. The summed E-state index contributed by atoms with van der Waals surface area (Å²) in [6, 6.07) is 0. The molecule has 4 heteroatoms. The van der Waals surface area contributed by atoms with Gasteiger partial charge >= 0.3 is 0 Å². The fraction of sp³-hybridized carbons (Fsp3) is 0.917. The van der Waals surface area contributed by atoms with Gasteiger partial charge in [-0.2, -0.15) is 0 Å². The van der Waals surface area contributed by atoms with Gasteiger partial charge in [0.2, 0.25) is 5.91 Å². The molecule has 0 aliphatic heterocycles. The Balaban J connectivity index is 2.58. The van der Waals surface area contributed by atoms with E-state index in [0.29, 0.717) is 19.5 Å². The molecule has 0 bridgehead atoms. The SMILES string of the molecule is CCN(CCCO)C(=O)C1(N)CCCCC1. The number of aliphatic hydroxyl groups excluding tert-OH is 1. The van der Waals surface area contributed by atoms with Crippen molar-refractivity contribution in [3.63, 3.8) is 0 Å². The lowest BCUT2D eigenvalue weighted by Crippen LogP contribution is -2.56. The number of amides is 1. The molecule has 1 saturated carbocycles. The molecule has 94 valence electrons. The average molecular weight is 228 g/mol. The zero-order chi connectivity index (χ0) is 12.0. The standard InChI is InChI=1S/C12H24N2O2/c1-2-14(9-6-10-15)11(16)12(13)7-4-3-5-8-12/h15H,2-10,13H2,1H3. The largest absolute Gasteiger partial charge is 0.396 e. The first-order valence-corrected chi connectivity index (χ1v) is 6.33. The quantitative estimate of drug-likeness (QED) is 0.734. The molecule has 4 nitrogen and oxygen atoms in total. The summed E-state index contributed by atoms with van der Waals surface area (Å²) in [5.41, 5.74) is 5.56. The molecule has 16 heavy (non-hydrogen) atoms. The topological polar surface area (TPSA) is 66.6 Å². The molecule has 1 aliphatic carbocycles. The minimum atomic E-state index is -0.635. The Morgan fingerprint density at radius 2 is 2.00 bits per heavy atom. The van der Waals surface area contributed by atoms with Crippen molar-refractivity contribution < 1.29 is 9.90 Å². The van der Waals surface area contributed by atoms with Crippen molar-refractivity contribution in [2.45, 2.75) is 51.0 Å². The van der Waals surface area contributed by atoms with Gasteiger partial charge in [-0.1, -0.05) is 19.3 Å². The van der Waals surface area contributed by atoms with Crippen molar-refractivity contribution >= 4 is 5.91 Å². The second-order valence-corrected chi connectivity index (χ2v) is 4.68. The lowest BCUT2D eigenvalue weighted by molar-refractivity contribution is -0.138. The first kappa shape index (κ1) is 13.5. The van der Waals surface area contributed by atoms with Crippen LogP contribution < -0.4 is 5.73 Å². The van der Waals surface area contributed by atoms with E-state index >= 15 is 0 Å². The maximum atomic E-state index is 12.3. The number of aliphatic hydroxyl groups is 1. The van der Waals surface area contributed by atoms with Gasteiger partial charge in [-0.15, -0.1) is 0 Å². The Hall–Kier alpha value is -0.610. The Morgan fingerprint density at radius 3 is 2.50 bits per heavy atom. The smallest absolute Gasteiger partial charge is 0.242 e. The van der Waals surface area contributed by atoms with E-state index in [2.05, 4.69) is 0 Å². The summed E-state index contributed by atoms with van der Waals surface area (Å²) < 4.78 is 0. The van der Waals surface area contributed by atoms with Crippen LogP contribution in [0.25, 0.3) is 0 Å². The Bertz CT molecular complexity index is 225. The maximum Gasteiger partial charge on any atom is 0.242 e. The molecule has 0 aromatic rings. The summed E-state index contributed by atoms with van der Waals surface area (Å²) in [6.45, 7) is 3.38. The van der Waals surface area contributed by atoms with Gasteiger partial charge in [0.15, 0.2) is 0 Å². The Kier molecular flexibility index (Phi) is 5.22.